The third-order valence-corrected chi connectivity index (χ3v) is 1.10. The Morgan fingerprint density at radius 1 is 1.15 bits per heavy atom. The van der Waals surface area contributed by atoms with Gasteiger partial charge in [-0.25, -0.2) is 0 Å². The van der Waals surface area contributed by atoms with Crippen LogP contribution >= 0.6 is 0 Å². The van der Waals surface area contributed by atoms with Crippen LogP contribution in [0, 0.1) is 0 Å². The summed E-state index contributed by atoms with van der Waals surface area (Å²) in [5, 5.41) is 0. The van der Waals surface area contributed by atoms with Crippen LogP contribution in [0.4, 0.5) is 0 Å². The van der Waals surface area contributed by atoms with Gasteiger partial charge in [0.1, 0.15) is 11.5 Å². The number of rotatable bonds is 6. The lowest BCUT2D eigenvalue weighted by molar-refractivity contribution is -0.125. The molecule has 0 heterocycles. The van der Waals surface area contributed by atoms with Crippen molar-refractivity contribution in [2.45, 2.75) is 6.92 Å². The minimum atomic E-state index is 0.281. The van der Waals surface area contributed by atoms with Gasteiger partial charge in [-0.05, 0) is 25.2 Å². The van der Waals surface area contributed by atoms with Crippen molar-refractivity contribution in [1.29, 1.82) is 0 Å². The molecule has 0 amide bonds. The molecule has 4 nitrogen and oxygen atoms in total. The van der Waals surface area contributed by atoms with Gasteiger partial charge in [0.05, 0.1) is 0 Å². The third kappa shape index (κ3) is 5.43. The van der Waals surface area contributed by atoms with E-state index in [2.05, 4.69) is 16.1 Å². The summed E-state index contributed by atoms with van der Waals surface area (Å²) in [6, 6.07) is 0. The quantitative estimate of drug-likeness (QED) is 0.353. The average molecular weight is 182 g/mol. The first-order valence-electron chi connectivity index (χ1n) is 3.46. The van der Waals surface area contributed by atoms with Crippen LogP contribution in [-0.2, 0) is 19.1 Å². The Labute approximate surface area is 76.1 Å². The van der Waals surface area contributed by atoms with Crippen molar-refractivity contribution >= 4 is 12.9 Å². The average Bonchev–Trinajstić information content (AvgIpc) is 2.12. The monoisotopic (exact) mass is 182 g/mol. The van der Waals surface area contributed by atoms with Crippen LogP contribution in [0.5, 0.6) is 0 Å². The SMILES string of the molecule is C=C/C(=C\C=C(/C)OC=O)OC=O. The fourth-order valence-corrected chi connectivity index (χ4v) is 0.526. The van der Waals surface area contributed by atoms with E-state index in [9.17, 15) is 9.59 Å². The molecule has 0 saturated heterocycles. The first-order valence-corrected chi connectivity index (χ1v) is 3.46. The first kappa shape index (κ1) is 11.2. The Bertz CT molecular complexity index is 250. The fraction of sp³-hybridized carbons (Fsp3) is 0.111. The smallest absolute Gasteiger partial charge is 0.298 e. The van der Waals surface area contributed by atoms with Crippen LogP contribution in [0.15, 0.2) is 36.3 Å². The molecule has 0 aromatic rings. The van der Waals surface area contributed by atoms with E-state index in [1.807, 2.05) is 0 Å². The lowest BCUT2D eigenvalue weighted by Crippen LogP contribution is -1.86. The summed E-state index contributed by atoms with van der Waals surface area (Å²) in [4.78, 5) is 19.8. The van der Waals surface area contributed by atoms with Crippen LogP contribution in [0.2, 0.25) is 0 Å². The molecule has 70 valence electrons. The van der Waals surface area contributed by atoms with E-state index in [1.54, 1.807) is 6.92 Å². The molecule has 0 aromatic carbocycles. The number of carbonyl (C=O) groups excluding carboxylic acids is 2. The van der Waals surface area contributed by atoms with Gasteiger partial charge in [-0.15, -0.1) is 0 Å². The normalized spacial score (nSPS) is 11.8. The molecule has 13 heavy (non-hydrogen) atoms. The Morgan fingerprint density at radius 2 is 1.77 bits per heavy atom. The second-order valence-electron chi connectivity index (χ2n) is 1.98. The molecule has 0 bridgehead atoms. The van der Waals surface area contributed by atoms with Gasteiger partial charge in [0.15, 0.2) is 0 Å². The molecule has 0 spiro atoms. The van der Waals surface area contributed by atoms with Gasteiger partial charge in [0.25, 0.3) is 12.9 Å². The minimum Gasteiger partial charge on any atom is -0.434 e. The van der Waals surface area contributed by atoms with Crippen molar-refractivity contribution < 1.29 is 19.1 Å². The second kappa shape index (κ2) is 6.84. The third-order valence-electron chi connectivity index (χ3n) is 1.10. The molecule has 0 N–H and O–H groups in total. The van der Waals surface area contributed by atoms with E-state index in [4.69, 9.17) is 0 Å². The maximum absolute atomic E-state index is 9.93. The number of carbonyl (C=O) groups is 2. The van der Waals surface area contributed by atoms with Gasteiger partial charge in [-0.1, -0.05) is 6.58 Å². The zero-order valence-electron chi connectivity index (χ0n) is 7.23. The van der Waals surface area contributed by atoms with Crippen LogP contribution < -0.4 is 0 Å². The standard InChI is InChI=1S/C9H10O4/c1-3-9(13-7-11)5-4-8(2)12-6-10/h3-7H,1H2,2H3/b8-4+,9-5+. The van der Waals surface area contributed by atoms with Gasteiger partial charge in [0, 0.05) is 0 Å². The maximum Gasteiger partial charge on any atom is 0.298 e. The second-order valence-corrected chi connectivity index (χ2v) is 1.98. The molecule has 0 aliphatic carbocycles. The molecule has 0 aromatic heterocycles. The van der Waals surface area contributed by atoms with E-state index in [1.165, 1.54) is 18.2 Å². The first-order chi connectivity index (χ1) is 6.24. The van der Waals surface area contributed by atoms with E-state index >= 15 is 0 Å². The summed E-state index contributed by atoms with van der Waals surface area (Å²) in [6.45, 7) is 5.60. The predicted molar refractivity (Wildman–Crippen MR) is 46.3 cm³/mol. The molecule has 4 heteroatoms. The zero-order valence-corrected chi connectivity index (χ0v) is 7.23. The van der Waals surface area contributed by atoms with Gasteiger partial charge in [-0.2, -0.15) is 0 Å². The molecular formula is C9H10O4. The van der Waals surface area contributed by atoms with Crippen LogP contribution in [-0.4, -0.2) is 12.9 Å². The van der Waals surface area contributed by atoms with Crippen molar-refractivity contribution in [1.82, 2.24) is 0 Å². The van der Waals surface area contributed by atoms with E-state index < -0.39 is 0 Å². The number of hydrogen-bond donors (Lipinski definition) is 0. The minimum absolute atomic E-state index is 0.281. The van der Waals surface area contributed by atoms with Crippen molar-refractivity contribution in [2.24, 2.45) is 0 Å². The molecule has 0 saturated carbocycles. The summed E-state index contributed by atoms with van der Waals surface area (Å²) < 4.78 is 8.97. The Balaban J connectivity index is 4.33. The van der Waals surface area contributed by atoms with Gasteiger partial charge < -0.3 is 9.47 Å². The molecule has 0 radical (unpaired) electrons. The lowest BCUT2D eigenvalue weighted by Gasteiger charge is -1.96. The number of ether oxygens (including phenoxy) is 2. The summed E-state index contributed by atoms with van der Waals surface area (Å²) in [5.74, 6) is 0.674. The maximum atomic E-state index is 9.93. The Hall–Kier alpha value is -1.84. The highest BCUT2D eigenvalue weighted by Gasteiger charge is 1.89. The van der Waals surface area contributed by atoms with E-state index in [0.29, 0.717) is 12.2 Å². The van der Waals surface area contributed by atoms with Crippen LogP contribution in [0.3, 0.4) is 0 Å². The zero-order chi connectivity index (χ0) is 10.1. The highest BCUT2D eigenvalue weighted by Crippen LogP contribution is 2.00. The molecule has 0 unspecified atom stereocenters. The van der Waals surface area contributed by atoms with Gasteiger partial charge in [-0.3, -0.25) is 9.59 Å². The van der Waals surface area contributed by atoms with E-state index in [-0.39, 0.29) is 12.2 Å². The molecule has 0 atom stereocenters. The fourth-order valence-electron chi connectivity index (χ4n) is 0.526. The molecule has 0 rings (SSSR count). The van der Waals surface area contributed by atoms with E-state index in [0.717, 1.165) is 0 Å². The highest BCUT2D eigenvalue weighted by atomic mass is 16.5. The molecule has 0 aliphatic heterocycles. The van der Waals surface area contributed by atoms with Crippen LogP contribution in [0.25, 0.3) is 0 Å². The lowest BCUT2D eigenvalue weighted by atomic mass is 10.4. The number of hydrogen-bond acceptors (Lipinski definition) is 4. The molecule has 0 fully saturated rings. The largest absolute Gasteiger partial charge is 0.434 e. The van der Waals surface area contributed by atoms with Crippen LogP contribution in [0.1, 0.15) is 6.92 Å². The summed E-state index contributed by atoms with van der Waals surface area (Å²) in [7, 11) is 0. The summed E-state index contributed by atoms with van der Waals surface area (Å²) in [6.07, 6.45) is 4.30. The highest BCUT2D eigenvalue weighted by molar-refractivity contribution is 5.42. The van der Waals surface area contributed by atoms with Gasteiger partial charge >= 0.3 is 0 Å². The van der Waals surface area contributed by atoms with Crippen molar-refractivity contribution in [2.75, 3.05) is 0 Å². The number of allylic oxidation sites excluding steroid dienone is 4. The van der Waals surface area contributed by atoms with Crippen molar-refractivity contribution in [3.05, 3.63) is 36.3 Å². The van der Waals surface area contributed by atoms with Crippen molar-refractivity contribution in [3.63, 3.8) is 0 Å². The van der Waals surface area contributed by atoms with Crippen molar-refractivity contribution in [3.8, 4) is 0 Å². The molecular weight excluding hydrogens is 172 g/mol. The predicted octanol–water partition coefficient (Wildman–Crippen LogP) is 1.31. The topological polar surface area (TPSA) is 52.6 Å². The summed E-state index contributed by atoms with van der Waals surface area (Å²) in [5.41, 5.74) is 0. The van der Waals surface area contributed by atoms with Gasteiger partial charge in [0.2, 0.25) is 0 Å². The Morgan fingerprint density at radius 3 is 2.23 bits per heavy atom. The summed E-state index contributed by atoms with van der Waals surface area (Å²) >= 11 is 0. The Kier molecular flexibility index (Phi) is 5.88. The molecule has 0 aliphatic rings.